The predicted octanol–water partition coefficient (Wildman–Crippen LogP) is 1.04. The van der Waals surface area contributed by atoms with Gasteiger partial charge in [-0.3, -0.25) is 9.59 Å². The van der Waals surface area contributed by atoms with E-state index in [1.165, 1.54) is 24.3 Å². The Morgan fingerprint density at radius 3 is 2.36 bits per heavy atom. The van der Waals surface area contributed by atoms with Crippen LogP contribution in [0.25, 0.3) is 0 Å². The first-order chi connectivity index (χ1) is 10.5. The molecule has 0 amide bonds. The molecule has 22 heavy (non-hydrogen) atoms. The van der Waals surface area contributed by atoms with Crippen molar-refractivity contribution in [2.75, 3.05) is 25.0 Å². The number of allylic oxidation sites excluding steroid dienone is 2. The molecule has 116 valence electrons. The van der Waals surface area contributed by atoms with E-state index in [2.05, 4.69) is 5.32 Å². The zero-order chi connectivity index (χ0) is 16.1. The highest BCUT2D eigenvalue weighted by atomic mass is 16.3. The van der Waals surface area contributed by atoms with Crippen molar-refractivity contribution in [3.63, 3.8) is 0 Å². The standard InChI is InChI=1S/C16H18N2O4/c1-2-18(7-8-19)14-10-15(21)13(9-16(14)22)17-11-3-5-12(20)6-4-11/h3-6,9-10,17,19-20H,2,7-8H2,1H3. The molecule has 2 rings (SSSR count). The monoisotopic (exact) mass is 302 g/mol. The minimum Gasteiger partial charge on any atom is -0.508 e. The Bertz CT molecular complexity index is 632. The summed E-state index contributed by atoms with van der Waals surface area (Å²) in [7, 11) is 0. The highest BCUT2D eigenvalue weighted by Crippen LogP contribution is 2.20. The number of nitrogens with one attached hydrogen (secondary N) is 1. The van der Waals surface area contributed by atoms with Crippen LogP contribution in [0.15, 0.2) is 47.8 Å². The smallest absolute Gasteiger partial charge is 0.204 e. The molecule has 0 unspecified atom stereocenters. The second-order valence-electron chi connectivity index (χ2n) is 4.79. The summed E-state index contributed by atoms with van der Waals surface area (Å²) in [6, 6.07) is 6.19. The molecule has 0 fully saturated rings. The van der Waals surface area contributed by atoms with Gasteiger partial charge in [0.15, 0.2) is 0 Å². The van der Waals surface area contributed by atoms with Crippen LogP contribution in [0.4, 0.5) is 5.69 Å². The van der Waals surface area contributed by atoms with Crippen LogP contribution in [0.2, 0.25) is 0 Å². The number of nitrogens with zero attached hydrogens (tertiary/aromatic N) is 1. The maximum Gasteiger partial charge on any atom is 0.204 e. The van der Waals surface area contributed by atoms with Gasteiger partial charge in [-0.1, -0.05) is 0 Å². The van der Waals surface area contributed by atoms with Crippen LogP contribution in [0.3, 0.4) is 0 Å². The number of carbonyl (C=O) groups excluding carboxylic acids is 2. The molecule has 0 spiro atoms. The number of carbonyl (C=O) groups is 2. The van der Waals surface area contributed by atoms with Crippen molar-refractivity contribution in [2.24, 2.45) is 0 Å². The molecule has 1 aromatic rings. The second-order valence-corrected chi connectivity index (χ2v) is 4.79. The van der Waals surface area contributed by atoms with Crippen LogP contribution >= 0.6 is 0 Å². The number of hydrogen-bond donors (Lipinski definition) is 3. The minimum absolute atomic E-state index is 0.0883. The summed E-state index contributed by atoms with van der Waals surface area (Å²) in [4.78, 5) is 26.0. The molecule has 0 aromatic heterocycles. The largest absolute Gasteiger partial charge is 0.508 e. The van der Waals surface area contributed by atoms with Crippen LogP contribution in [-0.4, -0.2) is 46.4 Å². The first-order valence-corrected chi connectivity index (χ1v) is 6.99. The van der Waals surface area contributed by atoms with Crippen molar-refractivity contribution in [1.29, 1.82) is 0 Å². The van der Waals surface area contributed by atoms with Crippen molar-refractivity contribution in [3.05, 3.63) is 47.8 Å². The molecule has 0 atom stereocenters. The fourth-order valence-electron chi connectivity index (χ4n) is 2.16. The van der Waals surface area contributed by atoms with Gasteiger partial charge in [0.25, 0.3) is 0 Å². The van der Waals surface area contributed by atoms with Gasteiger partial charge in [0.2, 0.25) is 11.6 Å². The van der Waals surface area contributed by atoms with Gasteiger partial charge in [-0.05, 0) is 31.2 Å². The number of anilines is 1. The molecule has 1 aliphatic rings. The third-order valence-corrected chi connectivity index (χ3v) is 3.30. The summed E-state index contributed by atoms with van der Waals surface area (Å²) in [6.45, 7) is 2.59. The molecule has 0 bridgehead atoms. The average Bonchev–Trinajstić information content (AvgIpc) is 2.50. The Labute approximate surface area is 128 Å². The number of aromatic hydroxyl groups is 1. The van der Waals surface area contributed by atoms with E-state index in [1.807, 2.05) is 6.92 Å². The molecule has 0 aliphatic heterocycles. The number of ketones is 2. The number of phenolic OH excluding ortho intramolecular Hbond substituents is 1. The summed E-state index contributed by atoms with van der Waals surface area (Å²) in [5.74, 6) is -0.467. The molecule has 0 saturated heterocycles. The fraction of sp³-hybridized carbons (Fsp3) is 0.250. The summed E-state index contributed by atoms with van der Waals surface area (Å²) in [5, 5.41) is 21.1. The van der Waals surface area contributed by atoms with E-state index in [9.17, 15) is 14.7 Å². The van der Waals surface area contributed by atoms with Gasteiger partial charge in [-0.15, -0.1) is 0 Å². The predicted molar refractivity (Wildman–Crippen MR) is 82.2 cm³/mol. The summed E-state index contributed by atoms with van der Waals surface area (Å²) >= 11 is 0. The summed E-state index contributed by atoms with van der Waals surface area (Å²) in [5.41, 5.74) is 1.07. The third-order valence-electron chi connectivity index (χ3n) is 3.30. The molecule has 0 heterocycles. The van der Waals surface area contributed by atoms with Crippen LogP contribution in [-0.2, 0) is 9.59 Å². The molecule has 3 N–H and O–H groups in total. The number of phenols is 1. The van der Waals surface area contributed by atoms with Crippen molar-refractivity contribution in [3.8, 4) is 5.75 Å². The van der Waals surface area contributed by atoms with Gasteiger partial charge in [0.05, 0.1) is 18.0 Å². The van der Waals surface area contributed by atoms with E-state index in [0.29, 0.717) is 18.8 Å². The van der Waals surface area contributed by atoms with E-state index in [0.717, 1.165) is 0 Å². The first kappa shape index (κ1) is 15.8. The maximum absolute atomic E-state index is 12.2. The normalized spacial score (nSPS) is 14.5. The fourth-order valence-corrected chi connectivity index (χ4v) is 2.16. The van der Waals surface area contributed by atoms with Crippen LogP contribution < -0.4 is 5.32 Å². The van der Waals surface area contributed by atoms with Crippen molar-refractivity contribution >= 4 is 17.3 Å². The lowest BCUT2D eigenvalue weighted by Gasteiger charge is -2.25. The Morgan fingerprint density at radius 1 is 1.09 bits per heavy atom. The topological polar surface area (TPSA) is 89.9 Å². The number of aliphatic hydroxyl groups is 1. The van der Waals surface area contributed by atoms with Gasteiger partial charge in [-0.2, -0.15) is 0 Å². The lowest BCUT2D eigenvalue weighted by atomic mass is 10.0. The Morgan fingerprint density at radius 2 is 1.77 bits per heavy atom. The molecule has 6 nitrogen and oxygen atoms in total. The zero-order valence-electron chi connectivity index (χ0n) is 12.2. The number of benzene rings is 1. The first-order valence-electron chi connectivity index (χ1n) is 6.99. The average molecular weight is 302 g/mol. The lowest BCUT2D eigenvalue weighted by Crippen LogP contribution is -2.33. The number of hydrogen-bond acceptors (Lipinski definition) is 6. The van der Waals surface area contributed by atoms with Crippen LogP contribution in [0.5, 0.6) is 5.75 Å². The number of aliphatic hydroxyl groups excluding tert-OH is 1. The minimum atomic E-state index is -0.306. The van der Waals surface area contributed by atoms with E-state index >= 15 is 0 Å². The molecular formula is C16H18N2O4. The highest BCUT2D eigenvalue weighted by molar-refractivity contribution is 6.20. The quantitative estimate of drug-likeness (QED) is 0.537. The zero-order valence-corrected chi connectivity index (χ0v) is 12.2. The van der Waals surface area contributed by atoms with E-state index in [1.54, 1.807) is 17.0 Å². The van der Waals surface area contributed by atoms with Gasteiger partial charge in [0.1, 0.15) is 5.75 Å². The molecule has 0 saturated carbocycles. The summed E-state index contributed by atoms with van der Waals surface area (Å²) in [6.07, 6.45) is 2.54. The van der Waals surface area contributed by atoms with E-state index in [-0.39, 0.29) is 35.3 Å². The lowest BCUT2D eigenvalue weighted by molar-refractivity contribution is -0.116. The number of rotatable bonds is 6. The molecule has 1 aliphatic carbocycles. The maximum atomic E-state index is 12.2. The molecular weight excluding hydrogens is 284 g/mol. The molecule has 6 heteroatoms. The third kappa shape index (κ3) is 3.53. The van der Waals surface area contributed by atoms with Gasteiger partial charge < -0.3 is 20.4 Å². The highest BCUT2D eigenvalue weighted by Gasteiger charge is 2.23. The van der Waals surface area contributed by atoms with Gasteiger partial charge in [-0.25, -0.2) is 0 Å². The van der Waals surface area contributed by atoms with Crippen LogP contribution in [0.1, 0.15) is 6.92 Å². The van der Waals surface area contributed by atoms with Gasteiger partial charge in [0, 0.05) is 30.9 Å². The van der Waals surface area contributed by atoms with Crippen molar-refractivity contribution in [2.45, 2.75) is 6.92 Å². The molecule has 0 radical (unpaired) electrons. The Hall–Kier alpha value is -2.60. The van der Waals surface area contributed by atoms with E-state index < -0.39 is 0 Å². The summed E-state index contributed by atoms with van der Waals surface area (Å²) < 4.78 is 0. The van der Waals surface area contributed by atoms with Crippen LogP contribution in [0, 0.1) is 0 Å². The van der Waals surface area contributed by atoms with Gasteiger partial charge >= 0.3 is 0 Å². The Balaban J connectivity index is 2.16. The SMILES string of the molecule is CCN(CCO)C1=CC(=O)C(Nc2ccc(O)cc2)=CC1=O. The second kappa shape index (κ2) is 6.91. The molecule has 1 aromatic carbocycles. The number of likely N-dealkylation sites (N-methyl/N-ethyl adjacent to an activating group) is 1. The van der Waals surface area contributed by atoms with Crippen molar-refractivity contribution in [1.82, 2.24) is 4.90 Å². The van der Waals surface area contributed by atoms with E-state index in [4.69, 9.17) is 5.11 Å². The Kier molecular flexibility index (Phi) is 4.95. The van der Waals surface area contributed by atoms with Crippen molar-refractivity contribution < 1.29 is 19.8 Å².